The van der Waals surface area contributed by atoms with Gasteiger partial charge in [-0.2, -0.15) is 0 Å². The molecule has 2 aliphatic rings. The van der Waals surface area contributed by atoms with Crippen LogP contribution in [0.15, 0.2) is 18.3 Å². The number of carbonyl (C=O) groups is 1. The van der Waals surface area contributed by atoms with Gasteiger partial charge in [0.1, 0.15) is 5.82 Å². The molecule has 0 aliphatic carbocycles. The number of nitrogens with zero attached hydrogens (tertiary/aromatic N) is 3. The van der Waals surface area contributed by atoms with E-state index in [1.807, 2.05) is 4.90 Å². The molecular weight excluding hydrogens is 254 g/mol. The Morgan fingerprint density at radius 2 is 2.15 bits per heavy atom. The summed E-state index contributed by atoms with van der Waals surface area (Å²) in [6.45, 7) is 1.66. The number of hydrogen-bond donors (Lipinski definition) is 2. The zero-order valence-corrected chi connectivity index (χ0v) is 11.7. The highest BCUT2D eigenvalue weighted by atomic mass is 16.2. The first-order valence-electron chi connectivity index (χ1n) is 7.13. The fraction of sp³-hybridized carbons (Fsp3) is 0.571. The number of nitrogens with two attached hydrogens (primary N) is 1. The molecule has 2 fully saturated rings. The maximum absolute atomic E-state index is 12.6. The third kappa shape index (κ3) is 2.36. The van der Waals surface area contributed by atoms with Gasteiger partial charge in [-0.15, -0.1) is 0 Å². The van der Waals surface area contributed by atoms with Crippen LogP contribution in [0, 0.1) is 0 Å². The molecular formula is C14H21N5O. The van der Waals surface area contributed by atoms with Crippen molar-refractivity contribution >= 4 is 11.7 Å². The number of nitrogens with one attached hydrogen (secondary N) is 1. The van der Waals surface area contributed by atoms with Gasteiger partial charge >= 0.3 is 0 Å². The first-order chi connectivity index (χ1) is 9.69. The zero-order valence-electron chi connectivity index (χ0n) is 11.7. The van der Waals surface area contributed by atoms with Gasteiger partial charge in [0, 0.05) is 31.4 Å². The first kappa shape index (κ1) is 13.3. The van der Waals surface area contributed by atoms with E-state index in [0.29, 0.717) is 23.5 Å². The maximum Gasteiger partial charge on any atom is 0.255 e. The van der Waals surface area contributed by atoms with Crippen LogP contribution in [0.5, 0.6) is 0 Å². The number of likely N-dealkylation sites (tertiary alicyclic amines) is 1. The lowest BCUT2D eigenvalue weighted by Crippen LogP contribution is -2.39. The Labute approximate surface area is 118 Å². The second-order valence-corrected chi connectivity index (χ2v) is 5.67. The molecule has 2 saturated heterocycles. The number of aromatic nitrogens is 1. The predicted octanol–water partition coefficient (Wildman–Crippen LogP) is 0.676. The topological polar surface area (TPSA) is 74.5 Å². The zero-order chi connectivity index (χ0) is 14.1. The van der Waals surface area contributed by atoms with E-state index in [0.717, 1.165) is 19.5 Å². The molecule has 0 saturated carbocycles. The van der Waals surface area contributed by atoms with Gasteiger partial charge in [-0.25, -0.2) is 10.8 Å². The van der Waals surface area contributed by atoms with Crippen molar-refractivity contribution in [2.45, 2.75) is 31.3 Å². The van der Waals surface area contributed by atoms with Gasteiger partial charge in [-0.1, -0.05) is 0 Å². The van der Waals surface area contributed by atoms with E-state index in [2.05, 4.69) is 22.4 Å². The average molecular weight is 275 g/mol. The number of rotatable bonds is 2. The molecule has 6 nitrogen and oxygen atoms in total. The van der Waals surface area contributed by atoms with Crippen molar-refractivity contribution in [1.82, 2.24) is 14.8 Å². The molecule has 0 spiro atoms. The summed E-state index contributed by atoms with van der Waals surface area (Å²) in [5.74, 6) is 5.92. The van der Waals surface area contributed by atoms with Gasteiger partial charge in [0.25, 0.3) is 5.91 Å². The van der Waals surface area contributed by atoms with Crippen LogP contribution in [0.4, 0.5) is 5.82 Å². The van der Waals surface area contributed by atoms with E-state index in [9.17, 15) is 4.79 Å². The Kier molecular flexibility index (Phi) is 3.58. The van der Waals surface area contributed by atoms with Crippen molar-refractivity contribution in [1.29, 1.82) is 0 Å². The smallest absolute Gasteiger partial charge is 0.255 e. The molecule has 1 aromatic rings. The third-order valence-corrected chi connectivity index (χ3v) is 4.59. The third-order valence-electron chi connectivity index (χ3n) is 4.59. The summed E-state index contributed by atoms with van der Waals surface area (Å²) >= 11 is 0. The van der Waals surface area contributed by atoms with Crippen molar-refractivity contribution in [2.75, 3.05) is 25.6 Å². The van der Waals surface area contributed by atoms with Crippen LogP contribution in [0.1, 0.15) is 29.6 Å². The van der Waals surface area contributed by atoms with Crippen molar-refractivity contribution in [3.05, 3.63) is 23.9 Å². The fourth-order valence-electron chi connectivity index (χ4n) is 3.28. The Balaban J connectivity index is 1.73. The van der Waals surface area contributed by atoms with Crippen molar-refractivity contribution in [2.24, 2.45) is 5.84 Å². The molecule has 6 heteroatoms. The van der Waals surface area contributed by atoms with Gasteiger partial charge in [0.05, 0.1) is 5.56 Å². The number of amides is 1. The molecule has 1 amide bonds. The fourth-order valence-corrected chi connectivity index (χ4v) is 3.28. The van der Waals surface area contributed by atoms with E-state index >= 15 is 0 Å². The van der Waals surface area contributed by atoms with Gasteiger partial charge in [0.15, 0.2) is 0 Å². The largest absolute Gasteiger partial charge is 0.337 e. The van der Waals surface area contributed by atoms with Crippen LogP contribution < -0.4 is 11.3 Å². The van der Waals surface area contributed by atoms with Crippen LogP contribution in [0.2, 0.25) is 0 Å². The van der Waals surface area contributed by atoms with Crippen molar-refractivity contribution in [3.63, 3.8) is 0 Å². The van der Waals surface area contributed by atoms with Crippen LogP contribution in [0.25, 0.3) is 0 Å². The molecule has 20 heavy (non-hydrogen) atoms. The van der Waals surface area contributed by atoms with Gasteiger partial charge in [0.2, 0.25) is 0 Å². The number of anilines is 1. The Morgan fingerprint density at radius 3 is 2.85 bits per heavy atom. The molecule has 1 aromatic heterocycles. The van der Waals surface area contributed by atoms with Gasteiger partial charge < -0.3 is 10.3 Å². The summed E-state index contributed by atoms with van der Waals surface area (Å²) in [4.78, 5) is 21.1. The molecule has 2 atom stereocenters. The lowest BCUT2D eigenvalue weighted by molar-refractivity contribution is 0.0740. The number of hydrogen-bond acceptors (Lipinski definition) is 5. The lowest BCUT2D eigenvalue weighted by atomic mass is 10.1. The Morgan fingerprint density at radius 1 is 1.35 bits per heavy atom. The van der Waals surface area contributed by atoms with Gasteiger partial charge in [-0.05, 0) is 38.4 Å². The average Bonchev–Trinajstić information content (AvgIpc) is 2.72. The number of carbonyl (C=O) groups excluding carboxylic acids is 1. The minimum absolute atomic E-state index is 0.0713. The summed E-state index contributed by atoms with van der Waals surface area (Å²) in [5.41, 5.74) is 3.10. The highest BCUT2D eigenvalue weighted by Crippen LogP contribution is 2.28. The summed E-state index contributed by atoms with van der Waals surface area (Å²) in [5, 5.41) is 0. The quantitative estimate of drug-likeness (QED) is 0.613. The predicted molar refractivity (Wildman–Crippen MR) is 77.1 cm³/mol. The van der Waals surface area contributed by atoms with Crippen LogP contribution in [-0.4, -0.2) is 52.9 Å². The number of pyridine rings is 1. The van der Waals surface area contributed by atoms with E-state index in [1.54, 1.807) is 18.3 Å². The summed E-state index contributed by atoms with van der Waals surface area (Å²) in [7, 11) is 2.18. The second-order valence-electron chi connectivity index (χ2n) is 5.67. The van der Waals surface area contributed by atoms with E-state index in [1.165, 1.54) is 12.8 Å². The molecule has 2 aliphatic heterocycles. The van der Waals surface area contributed by atoms with Crippen LogP contribution >= 0.6 is 0 Å². The van der Waals surface area contributed by atoms with Crippen molar-refractivity contribution in [3.8, 4) is 0 Å². The minimum Gasteiger partial charge on any atom is -0.337 e. The molecule has 3 rings (SSSR count). The SMILES string of the molecule is CN1C2CCC1CN(C(=O)c1ccc(NN)nc1)CC2. The standard InChI is InChI=1S/C14H21N5O/c1-18-11-3-4-12(18)9-19(7-6-11)14(20)10-2-5-13(17-15)16-8-10/h2,5,8,11-12H,3-4,6-7,9,15H2,1H3,(H,16,17). The lowest BCUT2D eigenvalue weighted by Gasteiger charge is -2.25. The molecule has 2 unspecified atom stereocenters. The molecule has 108 valence electrons. The molecule has 3 N–H and O–H groups in total. The number of hydrazine groups is 1. The summed E-state index contributed by atoms with van der Waals surface area (Å²) < 4.78 is 0. The van der Waals surface area contributed by atoms with Crippen LogP contribution in [0.3, 0.4) is 0 Å². The highest BCUT2D eigenvalue weighted by molar-refractivity contribution is 5.94. The first-order valence-corrected chi connectivity index (χ1v) is 7.13. The Hall–Kier alpha value is -1.66. The molecule has 2 bridgehead atoms. The number of likely N-dealkylation sites (N-methyl/N-ethyl adjacent to an activating group) is 1. The minimum atomic E-state index is 0.0713. The number of nitrogen functional groups attached to an aromatic ring is 1. The van der Waals surface area contributed by atoms with E-state index in [-0.39, 0.29) is 5.91 Å². The normalized spacial score (nSPS) is 26.4. The summed E-state index contributed by atoms with van der Waals surface area (Å²) in [6, 6.07) is 4.64. The number of fused-ring (bicyclic) bond motifs is 2. The maximum atomic E-state index is 12.6. The second kappa shape index (κ2) is 5.38. The molecule has 0 radical (unpaired) electrons. The van der Waals surface area contributed by atoms with E-state index < -0.39 is 0 Å². The Bertz CT molecular complexity index is 489. The molecule has 3 heterocycles. The highest BCUT2D eigenvalue weighted by Gasteiger charge is 2.36. The monoisotopic (exact) mass is 275 g/mol. The molecule has 0 aromatic carbocycles. The van der Waals surface area contributed by atoms with E-state index in [4.69, 9.17) is 5.84 Å². The van der Waals surface area contributed by atoms with Gasteiger partial charge in [-0.3, -0.25) is 9.69 Å². The summed E-state index contributed by atoms with van der Waals surface area (Å²) in [6.07, 6.45) is 5.11. The van der Waals surface area contributed by atoms with Crippen LogP contribution in [-0.2, 0) is 0 Å². The van der Waals surface area contributed by atoms with Crippen molar-refractivity contribution < 1.29 is 4.79 Å².